The molecule has 2 aliphatic rings. The highest BCUT2D eigenvalue weighted by Gasteiger charge is 2.42. The average molecular weight is 357 g/mol. The second-order valence-corrected chi connectivity index (χ2v) is 9.07. The van der Waals surface area contributed by atoms with Crippen molar-refractivity contribution >= 4 is 50.1 Å². The van der Waals surface area contributed by atoms with Gasteiger partial charge in [0.25, 0.3) is 5.91 Å². The molecule has 4 nitrogen and oxygen atoms in total. The van der Waals surface area contributed by atoms with Gasteiger partial charge in [-0.25, -0.2) is 12.8 Å². The summed E-state index contributed by atoms with van der Waals surface area (Å²) in [5.74, 6) is -0.655. The van der Waals surface area contributed by atoms with Gasteiger partial charge in [0.2, 0.25) is 0 Å². The molecule has 0 saturated carbocycles. The van der Waals surface area contributed by atoms with Gasteiger partial charge in [-0.3, -0.25) is 9.69 Å². The van der Waals surface area contributed by atoms with Crippen LogP contribution < -0.4 is 0 Å². The molecule has 0 aromatic heterocycles. The standard InChI is InChI=1S/C14H12FNO3S3/c15-10-3-1-2-9(6-10)7-12-13(17)16(14(20)21-12)11-4-5-22(18,19)8-11/h1-3,6-7,11H,4-5,8H2/b12-7+. The van der Waals surface area contributed by atoms with Gasteiger partial charge in [0.05, 0.1) is 22.5 Å². The van der Waals surface area contributed by atoms with Crippen molar-refractivity contribution in [2.75, 3.05) is 11.5 Å². The molecule has 8 heteroatoms. The predicted molar refractivity (Wildman–Crippen MR) is 88.5 cm³/mol. The van der Waals surface area contributed by atoms with E-state index in [0.29, 0.717) is 21.2 Å². The predicted octanol–water partition coefficient (Wildman–Crippen LogP) is 2.21. The third kappa shape index (κ3) is 3.09. The minimum absolute atomic E-state index is 0.0489. The molecule has 1 atom stereocenters. The molecule has 116 valence electrons. The highest BCUT2D eigenvalue weighted by atomic mass is 32.2. The molecule has 22 heavy (non-hydrogen) atoms. The monoisotopic (exact) mass is 357 g/mol. The van der Waals surface area contributed by atoms with Crippen molar-refractivity contribution < 1.29 is 17.6 Å². The van der Waals surface area contributed by atoms with Crippen molar-refractivity contribution in [3.63, 3.8) is 0 Å². The van der Waals surface area contributed by atoms with Gasteiger partial charge in [0.15, 0.2) is 9.84 Å². The Labute approximate surface area is 137 Å². The molecule has 0 aliphatic carbocycles. The van der Waals surface area contributed by atoms with E-state index in [4.69, 9.17) is 12.2 Å². The molecule has 1 amide bonds. The average Bonchev–Trinajstić information content (AvgIpc) is 2.90. The van der Waals surface area contributed by atoms with E-state index in [0.717, 1.165) is 11.8 Å². The number of sulfone groups is 1. The van der Waals surface area contributed by atoms with Crippen molar-refractivity contribution in [1.29, 1.82) is 0 Å². The van der Waals surface area contributed by atoms with Gasteiger partial charge in [-0.05, 0) is 30.2 Å². The summed E-state index contributed by atoms with van der Waals surface area (Å²) in [6.45, 7) is 0. The fraction of sp³-hybridized carbons (Fsp3) is 0.286. The second-order valence-electron chi connectivity index (χ2n) is 5.16. The SMILES string of the molecule is O=C1/C(=C\c2cccc(F)c2)SC(=S)N1C1CCS(=O)(=O)C1. The third-order valence-electron chi connectivity index (χ3n) is 3.54. The summed E-state index contributed by atoms with van der Waals surface area (Å²) in [6, 6.07) is 5.51. The van der Waals surface area contributed by atoms with Crippen molar-refractivity contribution in [2.45, 2.75) is 12.5 Å². The number of carbonyl (C=O) groups excluding carboxylic acids is 1. The van der Waals surface area contributed by atoms with Crippen LogP contribution in [0.2, 0.25) is 0 Å². The molecule has 0 spiro atoms. The molecule has 2 heterocycles. The van der Waals surface area contributed by atoms with Gasteiger partial charge in [0.1, 0.15) is 10.1 Å². The molecule has 1 aromatic carbocycles. The first-order chi connectivity index (χ1) is 10.4. The molecule has 1 aromatic rings. The number of hydrogen-bond acceptors (Lipinski definition) is 5. The first-order valence-electron chi connectivity index (χ1n) is 6.59. The lowest BCUT2D eigenvalue weighted by atomic mass is 10.2. The molecule has 2 fully saturated rings. The van der Waals surface area contributed by atoms with Crippen molar-refractivity contribution in [3.05, 3.63) is 40.6 Å². The molecule has 2 aliphatic heterocycles. The largest absolute Gasteiger partial charge is 0.289 e. The Bertz CT molecular complexity index is 788. The van der Waals surface area contributed by atoms with Crippen LogP contribution in [0.15, 0.2) is 29.2 Å². The molecule has 0 N–H and O–H groups in total. The number of thiocarbonyl (C=S) groups is 1. The Morgan fingerprint density at radius 3 is 2.82 bits per heavy atom. The summed E-state index contributed by atoms with van der Waals surface area (Å²) in [6.07, 6.45) is 1.98. The first kappa shape index (κ1) is 15.6. The molecule has 0 radical (unpaired) electrons. The highest BCUT2D eigenvalue weighted by molar-refractivity contribution is 8.26. The first-order valence-corrected chi connectivity index (χ1v) is 9.63. The Balaban J connectivity index is 1.86. The van der Waals surface area contributed by atoms with Crippen LogP contribution in [0.4, 0.5) is 4.39 Å². The smallest absolute Gasteiger partial charge is 0.266 e. The maximum atomic E-state index is 13.2. The minimum Gasteiger partial charge on any atom is -0.289 e. The van der Waals surface area contributed by atoms with Crippen molar-refractivity contribution in [1.82, 2.24) is 4.90 Å². The van der Waals surface area contributed by atoms with Gasteiger partial charge < -0.3 is 0 Å². The van der Waals surface area contributed by atoms with Crippen LogP contribution in [0.1, 0.15) is 12.0 Å². The van der Waals surface area contributed by atoms with Crippen molar-refractivity contribution in [3.8, 4) is 0 Å². The minimum atomic E-state index is -3.09. The lowest BCUT2D eigenvalue weighted by molar-refractivity contribution is -0.123. The van der Waals surface area contributed by atoms with Gasteiger partial charge in [0, 0.05) is 0 Å². The number of hydrogen-bond donors (Lipinski definition) is 0. The summed E-state index contributed by atoms with van der Waals surface area (Å²) in [7, 11) is -3.09. The molecular weight excluding hydrogens is 345 g/mol. The number of benzene rings is 1. The Morgan fingerprint density at radius 1 is 1.41 bits per heavy atom. The van der Waals surface area contributed by atoms with Crippen LogP contribution in [-0.4, -0.2) is 41.1 Å². The quantitative estimate of drug-likeness (QED) is 0.600. The van der Waals surface area contributed by atoms with E-state index in [-0.39, 0.29) is 23.2 Å². The van der Waals surface area contributed by atoms with E-state index in [1.54, 1.807) is 18.2 Å². The van der Waals surface area contributed by atoms with Crippen LogP contribution in [0.25, 0.3) is 6.08 Å². The summed E-state index contributed by atoms with van der Waals surface area (Å²) >= 11 is 6.33. The normalized spacial score (nSPS) is 26.1. The fourth-order valence-electron chi connectivity index (χ4n) is 2.52. The van der Waals surface area contributed by atoms with Crippen LogP contribution in [0.5, 0.6) is 0 Å². The van der Waals surface area contributed by atoms with Crippen LogP contribution in [0.3, 0.4) is 0 Å². The van der Waals surface area contributed by atoms with Gasteiger partial charge >= 0.3 is 0 Å². The Hall–Kier alpha value is -1.25. The topological polar surface area (TPSA) is 54.5 Å². The zero-order chi connectivity index (χ0) is 15.9. The number of amides is 1. The third-order valence-corrected chi connectivity index (χ3v) is 6.62. The molecule has 2 saturated heterocycles. The Kier molecular flexibility index (Phi) is 4.09. The van der Waals surface area contributed by atoms with E-state index in [2.05, 4.69) is 0 Å². The van der Waals surface area contributed by atoms with E-state index in [1.807, 2.05) is 0 Å². The number of nitrogens with zero attached hydrogens (tertiary/aromatic N) is 1. The summed E-state index contributed by atoms with van der Waals surface area (Å²) < 4.78 is 36.7. The van der Waals surface area contributed by atoms with E-state index in [1.165, 1.54) is 17.0 Å². The lowest BCUT2D eigenvalue weighted by Gasteiger charge is -2.20. The molecule has 0 bridgehead atoms. The molecule has 3 rings (SSSR count). The zero-order valence-electron chi connectivity index (χ0n) is 11.4. The lowest BCUT2D eigenvalue weighted by Crippen LogP contribution is -2.39. The van der Waals surface area contributed by atoms with E-state index in [9.17, 15) is 17.6 Å². The van der Waals surface area contributed by atoms with Gasteiger partial charge in [-0.2, -0.15) is 0 Å². The summed E-state index contributed by atoms with van der Waals surface area (Å²) in [4.78, 5) is 14.2. The van der Waals surface area contributed by atoms with Crippen LogP contribution >= 0.6 is 24.0 Å². The zero-order valence-corrected chi connectivity index (χ0v) is 13.8. The second kappa shape index (κ2) is 5.75. The van der Waals surface area contributed by atoms with Gasteiger partial charge in [-0.15, -0.1) is 0 Å². The van der Waals surface area contributed by atoms with E-state index < -0.39 is 15.9 Å². The highest BCUT2D eigenvalue weighted by Crippen LogP contribution is 2.36. The Morgan fingerprint density at radius 2 is 2.18 bits per heavy atom. The number of carbonyl (C=O) groups is 1. The summed E-state index contributed by atoms with van der Waals surface area (Å²) in [5, 5.41) is 0. The number of thioether (sulfide) groups is 1. The number of halogens is 1. The summed E-state index contributed by atoms with van der Waals surface area (Å²) in [5.41, 5.74) is 0.569. The van der Waals surface area contributed by atoms with Crippen LogP contribution in [0, 0.1) is 5.82 Å². The van der Waals surface area contributed by atoms with Gasteiger partial charge in [-0.1, -0.05) is 36.1 Å². The number of rotatable bonds is 2. The molecule has 1 unspecified atom stereocenters. The maximum Gasteiger partial charge on any atom is 0.266 e. The van der Waals surface area contributed by atoms with E-state index >= 15 is 0 Å². The van der Waals surface area contributed by atoms with Crippen molar-refractivity contribution in [2.24, 2.45) is 0 Å². The van der Waals surface area contributed by atoms with Crippen LogP contribution in [-0.2, 0) is 14.6 Å². The maximum absolute atomic E-state index is 13.2. The molecular formula is C14H12FNO3S3. The fourth-order valence-corrected chi connectivity index (χ4v) is 5.62.